The molecular formula is C19H21F2N3O3S. The summed E-state index contributed by atoms with van der Waals surface area (Å²) in [6.45, 7) is -3.10. The predicted molar refractivity (Wildman–Crippen MR) is 106 cm³/mol. The van der Waals surface area contributed by atoms with Gasteiger partial charge in [0.1, 0.15) is 5.75 Å². The number of rotatable bonds is 9. The summed E-state index contributed by atoms with van der Waals surface area (Å²) >= 11 is 1.52. The van der Waals surface area contributed by atoms with E-state index in [2.05, 4.69) is 15.4 Å². The second-order valence-corrected chi connectivity index (χ2v) is 6.69. The summed E-state index contributed by atoms with van der Waals surface area (Å²) in [5.74, 6) is -0.844. The van der Waals surface area contributed by atoms with E-state index in [0.717, 1.165) is 4.90 Å². The summed E-state index contributed by atoms with van der Waals surface area (Å²) in [5.41, 5.74) is 0.843. The Morgan fingerprint density at radius 1 is 1.00 bits per heavy atom. The van der Waals surface area contributed by atoms with E-state index in [4.69, 9.17) is 0 Å². The maximum Gasteiger partial charge on any atom is 0.387 e. The average molecular weight is 409 g/mol. The zero-order valence-electron chi connectivity index (χ0n) is 15.4. The summed E-state index contributed by atoms with van der Waals surface area (Å²) in [7, 11) is 1.61. The van der Waals surface area contributed by atoms with Crippen molar-refractivity contribution < 1.29 is 23.1 Å². The van der Waals surface area contributed by atoms with Crippen molar-refractivity contribution in [3.8, 4) is 5.75 Å². The smallest absolute Gasteiger partial charge is 0.387 e. The second-order valence-electron chi connectivity index (χ2n) is 5.84. The van der Waals surface area contributed by atoms with Gasteiger partial charge in [-0.15, -0.1) is 11.8 Å². The number of alkyl halides is 2. The molecule has 2 N–H and O–H groups in total. The molecule has 2 aromatic rings. The number of carbonyl (C=O) groups is 2. The van der Waals surface area contributed by atoms with Crippen LogP contribution in [0, 0.1) is 0 Å². The average Bonchev–Trinajstić information content (AvgIpc) is 2.63. The van der Waals surface area contributed by atoms with E-state index >= 15 is 0 Å². The number of nitrogens with zero attached hydrogens (tertiary/aromatic N) is 1. The number of hydrogen-bond donors (Lipinski definition) is 2. The lowest BCUT2D eigenvalue weighted by atomic mass is 10.3. The fraction of sp³-hybridized carbons (Fsp3) is 0.263. The van der Waals surface area contributed by atoms with Gasteiger partial charge in [0.2, 0.25) is 11.8 Å². The minimum atomic E-state index is -2.99. The number of amides is 2. The van der Waals surface area contributed by atoms with Gasteiger partial charge in [-0.25, -0.2) is 0 Å². The molecule has 9 heteroatoms. The Morgan fingerprint density at radius 3 is 2.14 bits per heavy atom. The number of thioether (sulfide) groups is 1. The normalized spacial score (nSPS) is 10.8. The molecule has 150 valence electrons. The van der Waals surface area contributed by atoms with Crippen molar-refractivity contribution in [2.45, 2.75) is 11.5 Å². The highest BCUT2D eigenvalue weighted by atomic mass is 32.2. The Bertz CT molecular complexity index is 821. The van der Waals surface area contributed by atoms with E-state index in [0.29, 0.717) is 5.69 Å². The number of benzene rings is 2. The zero-order chi connectivity index (χ0) is 20.5. The molecule has 0 radical (unpaired) electrons. The van der Waals surface area contributed by atoms with Crippen molar-refractivity contribution in [3.63, 3.8) is 0 Å². The molecule has 6 nitrogen and oxygen atoms in total. The third-order valence-electron chi connectivity index (χ3n) is 3.59. The molecule has 0 aliphatic carbocycles. The first-order chi connectivity index (χ1) is 13.4. The van der Waals surface area contributed by atoms with Crippen molar-refractivity contribution in [3.05, 3.63) is 48.5 Å². The molecule has 0 atom stereocenters. The first kappa shape index (κ1) is 21.6. The molecule has 0 unspecified atom stereocenters. The third kappa shape index (κ3) is 6.82. The Hall–Kier alpha value is -2.65. The minimum Gasteiger partial charge on any atom is -0.433 e. The van der Waals surface area contributed by atoms with Crippen molar-refractivity contribution in [2.24, 2.45) is 0 Å². The highest BCUT2D eigenvalue weighted by molar-refractivity contribution is 7.98. The fourth-order valence-corrected chi connectivity index (χ4v) is 3.00. The van der Waals surface area contributed by atoms with Crippen molar-refractivity contribution in [1.29, 1.82) is 0 Å². The number of hydrogen-bond acceptors (Lipinski definition) is 5. The Balaban J connectivity index is 1.88. The Labute approximate surface area is 166 Å². The molecular weight excluding hydrogens is 388 g/mol. The van der Waals surface area contributed by atoms with Gasteiger partial charge in [-0.2, -0.15) is 8.78 Å². The number of anilines is 2. The van der Waals surface area contributed by atoms with Gasteiger partial charge in [-0.3, -0.25) is 14.5 Å². The standard InChI is InChI=1S/C19H21F2N3O3S/c1-24(12-18(26)23-14-8-4-6-10-16(14)28-2)11-17(25)22-13-7-3-5-9-15(13)27-19(20)21/h3-10,19H,11-12H2,1-2H3,(H,22,25)(H,23,26). The molecule has 0 fully saturated rings. The topological polar surface area (TPSA) is 70.7 Å². The van der Waals surface area contributed by atoms with Crippen molar-refractivity contribution >= 4 is 35.0 Å². The predicted octanol–water partition coefficient (Wildman–Crippen LogP) is 3.52. The van der Waals surface area contributed by atoms with Crippen LogP contribution >= 0.6 is 11.8 Å². The second kappa shape index (κ2) is 10.6. The van der Waals surface area contributed by atoms with E-state index in [9.17, 15) is 18.4 Å². The van der Waals surface area contributed by atoms with Gasteiger partial charge in [0.25, 0.3) is 0 Å². The monoisotopic (exact) mass is 409 g/mol. The van der Waals surface area contributed by atoms with Crippen LogP contribution < -0.4 is 15.4 Å². The molecule has 0 aliphatic heterocycles. The molecule has 28 heavy (non-hydrogen) atoms. The summed E-state index contributed by atoms with van der Waals surface area (Å²) < 4.78 is 29.2. The number of nitrogens with one attached hydrogen (secondary N) is 2. The lowest BCUT2D eigenvalue weighted by Gasteiger charge is -2.17. The quantitative estimate of drug-likeness (QED) is 0.620. The zero-order valence-corrected chi connectivity index (χ0v) is 16.3. The Morgan fingerprint density at radius 2 is 1.54 bits per heavy atom. The van der Waals surface area contributed by atoms with Crippen LogP contribution in [0.3, 0.4) is 0 Å². The lowest BCUT2D eigenvalue weighted by Crippen LogP contribution is -2.36. The van der Waals surface area contributed by atoms with Crippen LogP contribution in [0.15, 0.2) is 53.4 Å². The molecule has 0 bridgehead atoms. The highest BCUT2D eigenvalue weighted by Crippen LogP contribution is 2.26. The summed E-state index contributed by atoms with van der Waals surface area (Å²) in [6.07, 6.45) is 1.91. The number of ether oxygens (including phenoxy) is 1. The van der Waals surface area contributed by atoms with E-state index in [1.807, 2.05) is 24.5 Å². The molecule has 0 aliphatic rings. The summed E-state index contributed by atoms with van der Waals surface area (Å²) in [5, 5.41) is 5.32. The molecule has 2 amide bonds. The number of halogens is 2. The van der Waals surface area contributed by atoms with Gasteiger partial charge in [0.05, 0.1) is 24.5 Å². The largest absolute Gasteiger partial charge is 0.433 e. The van der Waals surface area contributed by atoms with Gasteiger partial charge < -0.3 is 15.4 Å². The van der Waals surface area contributed by atoms with E-state index in [1.165, 1.54) is 34.9 Å². The van der Waals surface area contributed by atoms with Crippen molar-refractivity contribution in [2.75, 3.05) is 37.0 Å². The van der Waals surface area contributed by atoms with Gasteiger partial charge in [-0.05, 0) is 37.6 Å². The van der Waals surface area contributed by atoms with Crippen LogP contribution in [0.4, 0.5) is 20.2 Å². The van der Waals surface area contributed by atoms with Crippen LogP contribution in [-0.4, -0.2) is 49.7 Å². The van der Waals surface area contributed by atoms with Gasteiger partial charge in [-0.1, -0.05) is 24.3 Å². The molecule has 2 rings (SSSR count). The molecule has 0 aromatic heterocycles. The third-order valence-corrected chi connectivity index (χ3v) is 4.38. The first-order valence-corrected chi connectivity index (χ1v) is 9.56. The van der Waals surface area contributed by atoms with Gasteiger partial charge >= 0.3 is 6.61 Å². The maximum absolute atomic E-state index is 12.4. The number of para-hydroxylation sites is 3. The number of likely N-dealkylation sites (N-methyl/N-ethyl adjacent to an activating group) is 1. The van der Waals surface area contributed by atoms with Crippen LogP contribution in [0.2, 0.25) is 0 Å². The lowest BCUT2D eigenvalue weighted by molar-refractivity contribution is -0.119. The van der Waals surface area contributed by atoms with Gasteiger partial charge in [0.15, 0.2) is 0 Å². The van der Waals surface area contributed by atoms with Crippen LogP contribution in [0.5, 0.6) is 5.75 Å². The van der Waals surface area contributed by atoms with Crippen LogP contribution in [0.25, 0.3) is 0 Å². The fourth-order valence-electron chi connectivity index (χ4n) is 2.44. The minimum absolute atomic E-state index is 0.00861. The molecule has 2 aromatic carbocycles. The maximum atomic E-state index is 12.4. The SMILES string of the molecule is CSc1ccccc1NC(=O)CN(C)CC(=O)Nc1ccccc1OC(F)F. The number of carbonyl (C=O) groups excluding carboxylic acids is 2. The Kier molecular flexibility index (Phi) is 8.21. The van der Waals surface area contributed by atoms with Crippen molar-refractivity contribution in [1.82, 2.24) is 4.90 Å². The van der Waals surface area contributed by atoms with E-state index < -0.39 is 12.5 Å². The molecule has 0 spiro atoms. The van der Waals surface area contributed by atoms with Gasteiger partial charge in [0, 0.05) is 4.90 Å². The highest BCUT2D eigenvalue weighted by Gasteiger charge is 2.15. The van der Waals surface area contributed by atoms with E-state index in [1.54, 1.807) is 19.2 Å². The summed E-state index contributed by atoms with van der Waals surface area (Å²) in [4.78, 5) is 26.8. The summed E-state index contributed by atoms with van der Waals surface area (Å²) in [6, 6.07) is 13.3. The molecule has 0 saturated carbocycles. The first-order valence-electron chi connectivity index (χ1n) is 8.34. The van der Waals surface area contributed by atoms with Crippen LogP contribution in [0.1, 0.15) is 0 Å². The van der Waals surface area contributed by atoms with E-state index in [-0.39, 0.29) is 30.4 Å². The molecule has 0 saturated heterocycles. The molecule has 0 heterocycles. The van der Waals surface area contributed by atoms with Crippen LogP contribution in [-0.2, 0) is 9.59 Å².